The van der Waals surface area contributed by atoms with Gasteiger partial charge in [0.05, 0.1) is 0 Å². The molecular weight excluding hydrogens is 314 g/mol. The maximum atomic E-state index is 13.7. The third kappa shape index (κ3) is 3.27. The van der Waals surface area contributed by atoms with E-state index in [0.717, 1.165) is 16.4 Å². The molecule has 1 aromatic rings. The minimum atomic E-state index is -4.10. The SMILES string of the molecule is CC(C)C(=O)N1CCN(S(=O)(=O)c2cc(F)ccc2F)CC1. The lowest BCUT2D eigenvalue weighted by Gasteiger charge is -2.34. The van der Waals surface area contributed by atoms with Crippen LogP contribution in [0.3, 0.4) is 0 Å². The van der Waals surface area contributed by atoms with Crippen LogP contribution in [-0.4, -0.2) is 49.7 Å². The molecule has 1 fully saturated rings. The second kappa shape index (κ2) is 6.29. The summed E-state index contributed by atoms with van der Waals surface area (Å²) >= 11 is 0. The van der Waals surface area contributed by atoms with Crippen molar-refractivity contribution < 1.29 is 22.0 Å². The van der Waals surface area contributed by atoms with E-state index in [4.69, 9.17) is 0 Å². The van der Waals surface area contributed by atoms with E-state index in [1.807, 2.05) is 0 Å². The van der Waals surface area contributed by atoms with Crippen LogP contribution in [0, 0.1) is 17.6 Å². The molecular formula is C14H18F2N2O3S. The van der Waals surface area contributed by atoms with Gasteiger partial charge in [0.25, 0.3) is 0 Å². The Hall–Kier alpha value is -1.54. The molecule has 5 nitrogen and oxygen atoms in total. The Bertz CT molecular complexity index is 669. The van der Waals surface area contributed by atoms with E-state index in [2.05, 4.69) is 0 Å². The van der Waals surface area contributed by atoms with E-state index in [1.165, 1.54) is 0 Å². The Morgan fingerprint density at radius 1 is 1.14 bits per heavy atom. The fourth-order valence-electron chi connectivity index (χ4n) is 2.33. The predicted octanol–water partition coefficient (Wildman–Crippen LogP) is 1.45. The van der Waals surface area contributed by atoms with Crippen LogP contribution in [0.15, 0.2) is 23.1 Å². The number of hydrogen-bond acceptors (Lipinski definition) is 3. The van der Waals surface area contributed by atoms with E-state index in [0.29, 0.717) is 6.07 Å². The first-order valence-corrected chi connectivity index (χ1v) is 8.41. The lowest BCUT2D eigenvalue weighted by atomic mass is 10.2. The van der Waals surface area contributed by atoms with Crippen LogP contribution < -0.4 is 0 Å². The first-order chi connectivity index (χ1) is 10.2. The highest BCUT2D eigenvalue weighted by atomic mass is 32.2. The number of sulfonamides is 1. The summed E-state index contributed by atoms with van der Waals surface area (Å²) in [6.07, 6.45) is 0. The Morgan fingerprint density at radius 3 is 2.27 bits per heavy atom. The van der Waals surface area contributed by atoms with Crippen molar-refractivity contribution in [1.29, 1.82) is 0 Å². The zero-order chi connectivity index (χ0) is 16.5. The van der Waals surface area contributed by atoms with Gasteiger partial charge in [-0.1, -0.05) is 13.8 Å². The van der Waals surface area contributed by atoms with Crippen molar-refractivity contribution >= 4 is 15.9 Å². The molecule has 0 unspecified atom stereocenters. The largest absolute Gasteiger partial charge is 0.340 e. The molecule has 0 N–H and O–H groups in total. The van der Waals surface area contributed by atoms with Crippen molar-refractivity contribution in [3.8, 4) is 0 Å². The molecule has 1 aliphatic heterocycles. The molecule has 0 bridgehead atoms. The number of halogens is 2. The molecule has 8 heteroatoms. The molecule has 0 spiro atoms. The quantitative estimate of drug-likeness (QED) is 0.842. The average Bonchev–Trinajstić information content (AvgIpc) is 2.48. The first-order valence-electron chi connectivity index (χ1n) is 6.97. The third-order valence-corrected chi connectivity index (χ3v) is 5.47. The summed E-state index contributed by atoms with van der Waals surface area (Å²) in [4.78, 5) is 12.8. The van der Waals surface area contributed by atoms with Crippen LogP contribution in [0.25, 0.3) is 0 Å². The number of carbonyl (C=O) groups is 1. The monoisotopic (exact) mass is 332 g/mol. The number of benzene rings is 1. The van der Waals surface area contributed by atoms with Gasteiger partial charge in [0.1, 0.15) is 16.5 Å². The van der Waals surface area contributed by atoms with E-state index < -0.39 is 26.6 Å². The molecule has 0 saturated carbocycles. The van der Waals surface area contributed by atoms with Crippen molar-refractivity contribution in [2.24, 2.45) is 5.92 Å². The normalized spacial score (nSPS) is 17.0. The maximum absolute atomic E-state index is 13.7. The van der Waals surface area contributed by atoms with Gasteiger partial charge in [-0.2, -0.15) is 4.31 Å². The van der Waals surface area contributed by atoms with Gasteiger partial charge in [0.15, 0.2) is 0 Å². The van der Waals surface area contributed by atoms with Gasteiger partial charge in [0.2, 0.25) is 15.9 Å². The van der Waals surface area contributed by atoms with Gasteiger partial charge in [-0.3, -0.25) is 4.79 Å². The summed E-state index contributed by atoms with van der Waals surface area (Å²) in [5.41, 5.74) is 0. The zero-order valence-corrected chi connectivity index (χ0v) is 13.2. The van der Waals surface area contributed by atoms with Gasteiger partial charge >= 0.3 is 0 Å². The van der Waals surface area contributed by atoms with Crippen LogP contribution in [0.4, 0.5) is 8.78 Å². The minimum Gasteiger partial charge on any atom is -0.340 e. The highest BCUT2D eigenvalue weighted by molar-refractivity contribution is 7.89. The number of amides is 1. The van der Waals surface area contributed by atoms with E-state index in [9.17, 15) is 22.0 Å². The van der Waals surface area contributed by atoms with E-state index in [-0.39, 0.29) is 38.0 Å². The van der Waals surface area contributed by atoms with Gasteiger partial charge in [-0.25, -0.2) is 17.2 Å². The molecule has 1 aliphatic rings. The molecule has 1 amide bonds. The molecule has 0 aromatic heterocycles. The Morgan fingerprint density at radius 2 is 1.73 bits per heavy atom. The number of carbonyl (C=O) groups excluding carboxylic acids is 1. The Labute approximate surface area is 128 Å². The van der Waals surface area contributed by atoms with Gasteiger partial charge in [0, 0.05) is 32.1 Å². The summed E-state index contributed by atoms with van der Waals surface area (Å²) < 4.78 is 52.7. The summed E-state index contributed by atoms with van der Waals surface area (Å²) in [6.45, 7) is 4.16. The Balaban J connectivity index is 2.16. The molecule has 1 aromatic carbocycles. The van der Waals surface area contributed by atoms with E-state index >= 15 is 0 Å². The fourth-order valence-corrected chi connectivity index (χ4v) is 3.83. The maximum Gasteiger partial charge on any atom is 0.246 e. The van der Waals surface area contributed by atoms with E-state index in [1.54, 1.807) is 18.7 Å². The lowest BCUT2D eigenvalue weighted by Crippen LogP contribution is -2.51. The topological polar surface area (TPSA) is 57.7 Å². The van der Waals surface area contributed by atoms with Crippen molar-refractivity contribution in [3.63, 3.8) is 0 Å². The molecule has 0 atom stereocenters. The molecule has 0 aliphatic carbocycles. The molecule has 1 saturated heterocycles. The highest BCUT2D eigenvalue weighted by Crippen LogP contribution is 2.22. The first kappa shape index (κ1) is 16.8. The van der Waals surface area contributed by atoms with Gasteiger partial charge in [-0.05, 0) is 18.2 Å². The van der Waals surface area contributed by atoms with Crippen LogP contribution >= 0.6 is 0 Å². The second-order valence-electron chi connectivity index (χ2n) is 5.46. The standard InChI is InChI=1S/C14H18F2N2O3S/c1-10(2)14(19)17-5-7-18(8-6-17)22(20,21)13-9-11(15)3-4-12(13)16/h3-4,9-10H,5-8H2,1-2H3. The van der Waals surface area contributed by atoms with Crippen molar-refractivity contribution in [1.82, 2.24) is 9.21 Å². The summed E-state index contributed by atoms with van der Waals surface area (Å²) in [5, 5.41) is 0. The summed E-state index contributed by atoms with van der Waals surface area (Å²) in [5.74, 6) is -2.01. The molecule has 0 radical (unpaired) electrons. The molecule has 22 heavy (non-hydrogen) atoms. The van der Waals surface area contributed by atoms with Crippen molar-refractivity contribution in [2.75, 3.05) is 26.2 Å². The molecule has 122 valence electrons. The van der Waals surface area contributed by atoms with Crippen molar-refractivity contribution in [2.45, 2.75) is 18.7 Å². The second-order valence-corrected chi connectivity index (χ2v) is 7.37. The zero-order valence-electron chi connectivity index (χ0n) is 12.4. The number of nitrogens with zero attached hydrogens (tertiary/aromatic N) is 2. The third-order valence-electron chi connectivity index (χ3n) is 3.56. The lowest BCUT2D eigenvalue weighted by molar-refractivity contribution is -0.135. The molecule has 2 rings (SSSR count). The highest BCUT2D eigenvalue weighted by Gasteiger charge is 2.32. The minimum absolute atomic E-state index is 0.0472. The molecule has 1 heterocycles. The van der Waals surface area contributed by atoms with Gasteiger partial charge < -0.3 is 4.90 Å². The van der Waals surface area contributed by atoms with Crippen molar-refractivity contribution in [3.05, 3.63) is 29.8 Å². The number of hydrogen-bond donors (Lipinski definition) is 0. The van der Waals surface area contributed by atoms with Crippen LogP contribution in [0.5, 0.6) is 0 Å². The number of piperazine rings is 1. The number of rotatable bonds is 3. The summed E-state index contributed by atoms with van der Waals surface area (Å²) in [7, 11) is -4.10. The van der Waals surface area contributed by atoms with Crippen LogP contribution in [0.1, 0.15) is 13.8 Å². The Kier molecular flexibility index (Phi) is 4.81. The van der Waals surface area contributed by atoms with Gasteiger partial charge in [-0.15, -0.1) is 0 Å². The van der Waals surface area contributed by atoms with Crippen LogP contribution in [0.2, 0.25) is 0 Å². The smallest absolute Gasteiger partial charge is 0.246 e. The fraction of sp³-hybridized carbons (Fsp3) is 0.500. The average molecular weight is 332 g/mol. The predicted molar refractivity (Wildman–Crippen MR) is 76.5 cm³/mol. The summed E-state index contributed by atoms with van der Waals surface area (Å²) in [6, 6.07) is 2.34. The van der Waals surface area contributed by atoms with Crippen LogP contribution in [-0.2, 0) is 14.8 Å².